The van der Waals surface area contributed by atoms with Crippen molar-refractivity contribution in [3.8, 4) is 5.75 Å². The Morgan fingerprint density at radius 2 is 2.00 bits per heavy atom. The monoisotopic (exact) mass is 371 g/mol. The van der Waals surface area contributed by atoms with Crippen molar-refractivity contribution in [3.63, 3.8) is 0 Å². The summed E-state index contributed by atoms with van der Waals surface area (Å²) in [4.78, 5) is 27.9. The number of para-hydroxylation sites is 1. The standard InChI is InChI=1S/C19H14ClNO5/c1-2-25-18(23)11-6-8-12(9-7-11)21-10-14-16(22)13-4-3-5-15(20)17(13)26-19(14)24/h3-10,22H,2H2,1H3. The van der Waals surface area contributed by atoms with Crippen molar-refractivity contribution < 1.29 is 19.1 Å². The van der Waals surface area contributed by atoms with Crippen molar-refractivity contribution in [2.75, 3.05) is 6.61 Å². The molecule has 0 saturated carbocycles. The number of fused-ring (bicyclic) bond motifs is 1. The van der Waals surface area contributed by atoms with Crippen molar-refractivity contribution in [3.05, 3.63) is 69.0 Å². The largest absolute Gasteiger partial charge is 0.506 e. The minimum absolute atomic E-state index is 0.0887. The average Bonchev–Trinajstić information content (AvgIpc) is 2.63. The predicted octanol–water partition coefficient (Wildman–Crippen LogP) is 4.08. The zero-order valence-electron chi connectivity index (χ0n) is 13.7. The molecule has 132 valence electrons. The summed E-state index contributed by atoms with van der Waals surface area (Å²) >= 11 is 5.97. The lowest BCUT2D eigenvalue weighted by Crippen LogP contribution is -2.07. The van der Waals surface area contributed by atoms with Crippen molar-refractivity contribution in [1.82, 2.24) is 0 Å². The van der Waals surface area contributed by atoms with Gasteiger partial charge in [0.2, 0.25) is 0 Å². The van der Waals surface area contributed by atoms with E-state index >= 15 is 0 Å². The summed E-state index contributed by atoms with van der Waals surface area (Å²) in [5.41, 5.74) is 0.161. The van der Waals surface area contributed by atoms with E-state index in [0.717, 1.165) is 0 Å². The third-order valence-corrected chi connectivity index (χ3v) is 3.91. The fraction of sp³-hybridized carbons (Fsp3) is 0.105. The third-order valence-electron chi connectivity index (χ3n) is 3.61. The maximum absolute atomic E-state index is 12.1. The van der Waals surface area contributed by atoms with Gasteiger partial charge in [-0.2, -0.15) is 0 Å². The molecule has 1 N–H and O–H groups in total. The van der Waals surface area contributed by atoms with Crippen molar-refractivity contribution in [2.45, 2.75) is 6.92 Å². The van der Waals surface area contributed by atoms with Crippen LogP contribution in [-0.4, -0.2) is 23.9 Å². The lowest BCUT2D eigenvalue weighted by atomic mass is 10.1. The van der Waals surface area contributed by atoms with Crippen LogP contribution in [0.2, 0.25) is 5.02 Å². The molecule has 0 aliphatic heterocycles. The van der Waals surface area contributed by atoms with Crippen molar-refractivity contribution in [2.24, 2.45) is 4.99 Å². The van der Waals surface area contributed by atoms with Gasteiger partial charge in [0.1, 0.15) is 11.3 Å². The predicted molar refractivity (Wildman–Crippen MR) is 98.8 cm³/mol. The number of rotatable bonds is 4. The number of carbonyl (C=O) groups excluding carboxylic acids is 1. The summed E-state index contributed by atoms with van der Waals surface area (Å²) in [7, 11) is 0. The quantitative estimate of drug-likeness (QED) is 0.424. The zero-order valence-corrected chi connectivity index (χ0v) is 14.5. The zero-order chi connectivity index (χ0) is 18.7. The summed E-state index contributed by atoms with van der Waals surface area (Å²) < 4.78 is 10.1. The van der Waals surface area contributed by atoms with Gasteiger partial charge in [-0.25, -0.2) is 9.59 Å². The molecular formula is C19H14ClNO5. The third kappa shape index (κ3) is 3.45. The van der Waals surface area contributed by atoms with Gasteiger partial charge in [0.05, 0.1) is 28.3 Å². The van der Waals surface area contributed by atoms with Gasteiger partial charge in [-0.05, 0) is 43.3 Å². The lowest BCUT2D eigenvalue weighted by Gasteiger charge is -2.04. The van der Waals surface area contributed by atoms with Crippen LogP contribution in [0.4, 0.5) is 5.69 Å². The first-order valence-electron chi connectivity index (χ1n) is 7.76. The molecule has 6 nitrogen and oxygen atoms in total. The molecule has 1 aromatic heterocycles. The van der Waals surface area contributed by atoms with Gasteiger partial charge < -0.3 is 14.3 Å². The fourth-order valence-electron chi connectivity index (χ4n) is 2.34. The highest BCUT2D eigenvalue weighted by Gasteiger charge is 2.14. The smallest absolute Gasteiger partial charge is 0.349 e. The highest BCUT2D eigenvalue weighted by Crippen LogP contribution is 2.30. The fourth-order valence-corrected chi connectivity index (χ4v) is 2.55. The molecule has 0 spiro atoms. The number of benzene rings is 2. The minimum Gasteiger partial charge on any atom is -0.506 e. The first kappa shape index (κ1) is 17.7. The molecule has 1 heterocycles. The second-order valence-electron chi connectivity index (χ2n) is 5.29. The number of halogens is 1. The van der Waals surface area contributed by atoms with Gasteiger partial charge in [0.25, 0.3) is 0 Å². The maximum Gasteiger partial charge on any atom is 0.349 e. The molecule has 0 bridgehead atoms. The number of ether oxygens (including phenoxy) is 1. The van der Waals surface area contributed by atoms with E-state index in [4.69, 9.17) is 20.8 Å². The van der Waals surface area contributed by atoms with Crippen LogP contribution >= 0.6 is 11.6 Å². The molecule has 7 heteroatoms. The summed E-state index contributed by atoms with van der Waals surface area (Å²) in [5.74, 6) is -0.682. The Kier molecular flexibility index (Phi) is 5.04. The summed E-state index contributed by atoms with van der Waals surface area (Å²) in [6, 6.07) is 11.1. The minimum atomic E-state index is -0.755. The van der Waals surface area contributed by atoms with Gasteiger partial charge in [-0.3, -0.25) is 4.99 Å². The van der Waals surface area contributed by atoms with E-state index in [0.29, 0.717) is 23.2 Å². The number of aliphatic imine (C=N–C) groups is 1. The Hall–Kier alpha value is -3.12. The van der Waals surface area contributed by atoms with Gasteiger partial charge in [0.15, 0.2) is 5.58 Å². The van der Waals surface area contributed by atoms with Crippen LogP contribution in [0.1, 0.15) is 22.8 Å². The van der Waals surface area contributed by atoms with Crippen molar-refractivity contribution >= 4 is 40.4 Å². The maximum atomic E-state index is 12.1. The molecule has 3 aromatic rings. The van der Waals surface area contributed by atoms with Crippen LogP contribution in [0.15, 0.2) is 56.7 Å². The SMILES string of the molecule is CCOC(=O)c1ccc(N=Cc2c(O)c3cccc(Cl)c3oc2=O)cc1. The van der Waals surface area contributed by atoms with E-state index in [-0.39, 0.29) is 21.9 Å². The molecule has 0 fully saturated rings. The molecule has 26 heavy (non-hydrogen) atoms. The molecule has 2 aromatic carbocycles. The van der Waals surface area contributed by atoms with Gasteiger partial charge in [-0.15, -0.1) is 0 Å². The molecular weight excluding hydrogens is 358 g/mol. The van der Waals surface area contributed by atoms with Crippen LogP contribution in [0.25, 0.3) is 11.0 Å². The summed E-state index contributed by atoms with van der Waals surface area (Å²) in [6.45, 7) is 2.02. The first-order valence-corrected chi connectivity index (χ1v) is 8.14. The molecule has 0 atom stereocenters. The van der Waals surface area contributed by atoms with Crippen LogP contribution in [0.5, 0.6) is 5.75 Å². The Balaban J connectivity index is 1.94. The molecule has 0 aliphatic carbocycles. The topological polar surface area (TPSA) is 89.1 Å². The lowest BCUT2D eigenvalue weighted by molar-refractivity contribution is 0.0526. The van der Waals surface area contributed by atoms with E-state index in [1.165, 1.54) is 6.21 Å². The Morgan fingerprint density at radius 3 is 2.69 bits per heavy atom. The Bertz CT molecular complexity index is 1050. The normalized spacial score (nSPS) is 11.2. The van der Waals surface area contributed by atoms with Crippen LogP contribution < -0.4 is 5.63 Å². The second kappa shape index (κ2) is 7.41. The molecule has 0 amide bonds. The van der Waals surface area contributed by atoms with E-state index in [1.807, 2.05) is 0 Å². The number of aromatic hydroxyl groups is 1. The van der Waals surface area contributed by atoms with Crippen LogP contribution in [-0.2, 0) is 4.74 Å². The summed E-state index contributed by atoms with van der Waals surface area (Å²) in [5, 5.41) is 10.9. The molecule has 0 aliphatic rings. The van der Waals surface area contributed by atoms with Gasteiger partial charge in [0, 0.05) is 6.21 Å². The molecule has 0 unspecified atom stereocenters. The second-order valence-corrected chi connectivity index (χ2v) is 5.70. The van der Waals surface area contributed by atoms with E-state index < -0.39 is 11.6 Å². The van der Waals surface area contributed by atoms with Crippen molar-refractivity contribution in [1.29, 1.82) is 0 Å². The number of hydrogen-bond donors (Lipinski definition) is 1. The highest BCUT2D eigenvalue weighted by molar-refractivity contribution is 6.35. The van der Waals surface area contributed by atoms with Crippen LogP contribution in [0, 0.1) is 0 Å². The number of esters is 1. The molecule has 0 radical (unpaired) electrons. The van der Waals surface area contributed by atoms with Gasteiger partial charge in [-0.1, -0.05) is 17.7 Å². The van der Waals surface area contributed by atoms with E-state index in [1.54, 1.807) is 49.4 Å². The molecule has 0 saturated heterocycles. The van der Waals surface area contributed by atoms with E-state index in [9.17, 15) is 14.7 Å². The number of carbonyl (C=O) groups is 1. The number of nitrogens with zero attached hydrogens (tertiary/aromatic N) is 1. The molecule has 3 rings (SSSR count). The Labute approximate surface area is 153 Å². The van der Waals surface area contributed by atoms with E-state index in [2.05, 4.69) is 4.99 Å². The number of hydrogen-bond acceptors (Lipinski definition) is 6. The summed E-state index contributed by atoms with van der Waals surface area (Å²) in [6.07, 6.45) is 1.21. The first-order chi connectivity index (χ1) is 12.5. The average molecular weight is 372 g/mol. The van der Waals surface area contributed by atoms with Gasteiger partial charge >= 0.3 is 11.6 Å². The van der Waals surface area contributed by atoms with Crippen LogP contribution in [0.3, 0.4) is 0 Å². The highest BCUT2D eigenvalue weighted by atomic mass is 35.5. The Morgan fingerprint density at radius 1 is 1.27 bits per heavy atom.